The zero-order valence-corrected chi connectivity index (χ0v) is 7.11. The number of hydrogen-bond donors (Lipinski definition) is 1. The van der Waals surface area contributed by atoms with E-state index < -0.39 is 0 Å². The van der Waals surface area contributed by atoms with Crippen molar-refractivity contribution in [1.29, 1.82) is 0 Å². The van der Waals surface area contributed by atoms with Gasteiger partial charge in [-0.3, -0.25) is 5.10 Å². The Morgan fingerprint density at radius 1 is 1.80 bits per heavy atom. The van der Waals surface area contributed by atoms with Crippen LogP contribution in [0, 0.1) is 0 Å². The topological polar surface area (TPSA) is 28.7 Å². The van der Waals surface area contributed by atoms with Crippen LogP contribution in [-0.2, 0) is 0 Å². The molecule has 0 fully saturated rings. The Kier molecular flexibility index (Phi) is 2.81. The molecule has 1 aromatic heterocycles. The molecule has 1 heterocycles. The first kappa shape index (κ1) is 7.66. The third-order valence-electron chi connectivity index (χ3n) is 1.52. The molecule has 0 saturated heterocycles. The fourth-order valence-electron chi connectivity index (χ4n) is 0.960. The van der Waals surface area contributed by atoms with Crippen LogP contribution in [0.4, 0.5) is 0 Å². The van der Waals surface area contributed by atoms with Gasteiger partial charge < -0.3 is 0 Å². The quantitative estimate of drug-likeness (QED) is 0.727. The van der Waals surface area contributed by atoms with Gasteiger partial charge in [-0.15, -0.1) is 0 Å². The number of thioether (sulfide) groups is 1. The fourth-order valence-corrected chi connectivity index (χ4v) is 1.68. The van der Waals surface area contributed by atoms with Crippen LogP contribution in [0.15, 0.2) is 12.3 Å². The summed E-state index contributed by atoms with van der Waals surface area (Å²) in [5, 5.41) is 7.45. The van der Waals surface area contributed by atoms with Crippen molar-refractivity contribution in [2.24, 2.45) is 0 Å². The first-order valence-electron chi connectivity index (χ1n) is 3.40. The maximum Gasteiger partial charge on any atom is 0.0490 e. The predicted molar refractivity (Wildman–Crippen MR) is 45.1 cm³/mol. The molecule has 0 bridgehead atoms. The summed E-state index contributed by atoms with van der Waals surface area (Å²) < 4.78 is 0. The molecule has 0 saturated carbocycles. The van der Waals surface area contributed by atoms with Gasteiger partial charge in [0.25, 0.3) is 0 Å². The molecule has 1 aromatic rings. The molecule has 0 aliphatic carbocycles. The predicted octanol–water partition coefficient (Wildman–Crippen LogP) is 2.22. The van der Waals surface area contributed by atoms with Crippen LogP contribution >= 0.6 is 11.8 Å². The van der Waals surface area contributed by atoms with Gasteiger partial charge in [-0.25, -0.2) is 0 Å². The molecule has 0 aliphatic heterocycles. The Morgan fingerprint density at radius 3 is 3.00 bits per heavy atom. The lowest BCUT2D eigenvalue weighted by molar-refractivity contribution is 0.847. The van der Waals surface area contributed by atoms with E-state index in [4.69, 9.17) is 0 Å². The molecular formula is C7H12N2S. The highest BCUT2D eigenvalue weighted by Crippen LogP contribution is 2.27. The monoisotopic (exact) mass is 156 g/mol. The number of aromatic nitrogens is 2. The highest BCUT2D eigenvalue weighted by molar-refractivity contribution is 7.98. The van der Waals surface area contributed by atoms with E-state index in [0.29, 0.717) is 5.25 Å². The summed E-state index contributed by atoms with van der Waals surface area (Å²) in [5.41, 5.74) is 1.23. The Morgan fingerprint density at radius 2 is 2.60 bits per heavy atom. The average molecular weight is 156 g/mol. The molecule has 1 atom stereocenters. The summed E-state index contributed by atoms with van der Waals surface area (Å²) in [7, 11) is 0. The molecule has 1 unspecified atom stereocenters. The lowest BCUT2D eigenvalue weighted by Gasteiger charge is -2.07. The molecule has 1 N–H and O–H groups in total. The molecule has 10 heavy (non-hydrogen) atoms. The van der Waals surface area contributed by atoms with E-state index >= 15 is 0 Å². The second kappa shape index (κ2) is 3.66. The Labute approximate surface area is 65.4 Å². The highest BCUT2D eigenvalue weighted by Gasteiger charge is 2.06. The molecule has 0 spiro atoms. The largest absolute Gasteiger partial charge is 0.281 e. The van der Waals surface area contributed by atoms with Crippen LogP contribution in [0.3, 0.4) is 0 Å². The van der Waals surface area contributed by atoms with Gasteiger partial charge in [0.2, 0.25) is 0 Å². The first-order valence-corrected chi connectivity index (χ1v) is 4.69. The molecule has 56 valence electrons. The second-order valence-corrected chi connectivity index (χ2v) is 3.19. The Bertz CT molecular complexity index is 168. The molecule has 0 aromatic carbocycles. The molecule has 0 amide bonds. The van der Waals surface area contributed by atoms with Crippen molar-refractivity contribution in [3.8, 4) is 0 Å². The van der Waals surface area contributed by atoms with Crippen molar-refractivity contribution in [2.45, 2.75) is 18.6 Å². The van der Waals surface area contributed by atoms with Gasteiger partial charge in [0, 0.05) is 17.1 Å². The van der Waals surface area contributed by atoms with Crippen LogP contribution in [-0.4, -0.2) is 16.5 Å². The number of hydrogen-bond acceptors (Lipinski definition) is 2. The second-order valence-electron chi connectivity index (χ2n) is 2.14. The van der Waals surface area contributed by atoms with Gasteiger partial charge in [0.15, 0.2) is 0 Å². The summed E-state index contributed by atoms with van der Waals surface area (Å²) in [6, 6.07) is 2.03. The molecule has 0 radical (unpaired) electrons. The van der Waals surface area contributed by atoms with Crippen molar-refractivity contribution < 1.29 is 0 Å². The number of nitrogens with zero attached hydrogens (tertiary/aromatic N) is 1. The van der Waals surface area contributed by atoms with E-state index in [9.17, 15) is 0 Å². The van der Waals surface area contributed by atoms with Crippen LogP contribution in [0.1, 0.15) is 24.3 Å². The van der Waals surface area contributed by atoms with E-state index in [1.807, 2.05) is 17.8 Å². The highest BCUT2D eigenvalue weighted by atomic mass is 32.2. The lowest BCUT2D eigenvalue weighted by atomic mass is 10.2. The fraction of sp³-hybridized carbons (Fsp3) is 0.571. The van der Waals surface area contributed by atoms with E-state index in [1.54, 1.807) is 6.20 Å². The normalized spacial score (nSPS) is 13.4. The van der Waals surface area contributed by atoms with Gasteiger partial charge in [-0.1, -0.05) is 6.92 Å². The van der Waals surface area contributed by atoms with Crippen LogP contribution in [0.25, 0.3) is 0 Å². The van der Waals surface area contributed by atoms with E-state index in [0.717, 1.165) is 6.42 Å². The standard InChI is InChI=1S/C7H12N2S/c1-3-7(10-2)6-4-5-8-9-6/h4-5,7H,3H2,1-2H3,(H,8,9). The summed E-state index contributed by atoms with van der Waals surface area (Å²) in [5.74, 6) is 0. The zero-order valence-electron chi connectivity index (χ0n) is 6.29. The van der Waals surface area contributed by atoms with Crippen molar-refractivity contribution in [1.82, 2.24) is 10.2 Å². The molecule has 3 heteroatoms. The Hall–Kier alpha value is -0.440. The summed E-state index contributed by atoms with van der Waals surface area (Å²) in [6.07, 6.45) is 5.08. The van der Waals surface area contributed by atoms with Gasteiger partial charge in [0.05, 0.1) is 0 Å². The van der Waals surface area contributed by atoms with Crippen molar-refractivity contribution in [3.05, 3.63) is 18.0 Å². The Balaban J connectivity index is 2.64. The van der Waals surface area contributed by atoms with Crippen molar-refractivity contribution in [3.63, 3.8) is 0 Å². The maximum atomic E-state index is 3.90. The summed E-state index contributed by atoms with van der Waals surface area (Å²) in [4.78, 5) is 0. The molecule has 1 rings (SSSR count). The zero-order chi connectivity index (χ0) is 7.40. The summed E-state index contributed by atoms with van der Waals surface area (Å²) >= 11 is 1.86. The minimum Gasteiger partial charge on any atom is -0.281 e. The van der Waals surface area contributed by atoms with Gasteiger partial charge in [-0.2, -0.15) is 16.9 Å². The van der Waals surface area contributed by atoms with Crippen molar-refractivity contribution >= 4 is 11.8 Å². The smallest absolute Gasteiger partial charge is 0.0490 e. The maximum absolute atomic E-state index is 3.90. The number of rotatable bonds is 3. The first-order chi connectivity index (χ1) is 4.88. The number of nitrogens with one attached hydrogen (secondary N) is 1. The SMILES string of the molecule is CCC(SC)c1ccn[nH]1. The minimum absolute atomic E-state index is 0.586. The third kappa shape index (κ3) is 1.53. The molecule has 0 aliphatic rings. The van der Waals surface area contributed by atoms with Crippen LogP contribution < -0.4 is 0 Å². The van der Waals surface area contributed by atoms with E-state index in [1.165, 1.54) is 5.69 Å². The van der Waals surface area contributed by atoms with Gasteiger partial charge >= 0.3 is 0 Å². The van der Waals surface area contributed by atoms with E-state index in [-0.39, 0.29) is 0 Å². The van der Waals surface area contributed by atoms with Crippen LogP contribution in [0.5, 0.6) is 0 Å². The van der Waals surface area contributed by atoms with E-state index in [2.05, 4.69) is 23.4 Å². The number of H-pyrrole nitrogens is 1. The lowest BCUT2D eigenvalue weighted by Crippen LogP contribution is -1.90. The molecular weight excluding hydrogens is 144 g/mol. The van der Waals surface area contributed by atoms with Crippen LogP contribution in [0.2, 0.25) is 0 Å². The van der Waals surface area contributed by atoms with Gasteiger partial charge in [-0.05, 0) is 18.7 Å². The average Bonchev–Trinajstić information content (AvgIpc) is 2.43. The summed E-state index contributed by atoms with van der Waals surface area (Å²) in [6.45, 7) is 2.18. The van der Waals surface area contributed by atoms with Gasteiger partial charge in [0.1, 0.15) is 0 Å². The number of aromatic amines is 1. The molecule has 2 nitrogen and oxygen atoms in total. The van der Waals surface area contributed by atoms with Crippen molar-refractivity contribution in [2.75, 3.05) is 6.26 Å². The minimum atomic E-state index is 0.586. The third-order valence-corrected chi connectivity index (χ3v) is 2.68.